The average molecular weight is 294 g/mol. The number of epoxide rings is 1. The highest BCUT2D eigenvalue weighted by molar-refractivity contribution is 7.99. The highest BCUT2D eigenvalue weighted by atomic mass is 32.2. The summed E-state index contributed by atoms with van der Waals surface area (Å²) in [6.45, 7) is 2.83. The standard InChI is InChI=1S/C10H15F5O2S/c1-7(16-5-8-6-17-8)18-4-2-3-9(11,12)10(13,14)15/h7-8H,2-6H2,1H3. The van der Waals surface area contributed by atoms with Gasteiger partial charge in [-0.3, -0.25) is 0 Å². The van der Waals surface area contributed by atoms with Crippen LogP contribution in [0.3, 0.4) is 0 Å². The Kier molecular flexibility index (Phi) is 5.67. The SMILES string of the molecule is CC(OCC1CO1)SCCCC(F)(F)C(F)(F)F. The van der Waals surface area contributed by atoms with E-state index in [-0.39, 0.29) is 23.7 Å². The third-order valence-electron chi connectivity index (χ3n) is 2.32. The summed E-state index contributed by atoms with van der Waals surface area (Å²) in [5.41, 5.74) is -0.228. The van der Waals surface area contributed by atoms with Gasteiger partial charge in [0.1, 0.15) is 11.5 Å². The van der Waals surface area contributed by atoms with Gasteiger partial charge in [0.05, 0.1) is 13.2 Å². The van der Waals surface area contributed by atoms with E-state index in [2.05, 4.69) is 0 Å². The highest BCUT2D eigenvalue weighted by Crippen LogP contribution is 2.39. The molecule has 1 aliphatic heterocycles. The van der Waals surface area contributed by atoms with E-state index in [4.69, 9.17) is 9.47 Å². The molecule has 0 aromatic heterocycles. The van der Waals surface area contributed by atoms with E-state index in [1.807, 2.05) is 0 Å². The number of rotatable bonds is 8. The summed E-state index contributed by atoms with van der Waals surface area (Å²) in [5, 5.41) is 0. The van der Waals surface area contributed by atoms with E-state index in [1.54, 1.807) is 6.92 Å². The van der Waals surface area contributed by atoms with Crippen molar-refractivity contribution in [1.29, 1.82) is 0 Å². The fourth-order valence-electron chi connectivity index (χ4n) is 1.14. The molecule has 0 bridgehead atoms. The van der Waals surface area contributed by atoms with Gasteiger partial charge < -0.3 is 9.47 Å². The Balaban J connectivity index is 2.06. The molecule has 2 unspecified atom stereocenters. The van der Waals surface area contributed by atoms with E-state index >= 15 is 0 Å². The zero-order chi connectivity index (χ0) is 13.8. The minimum absolute atomic E-state index is 0.114. The third-order valence-corrected chi connectivity index (χ3v) is 3.45. The van der Waals surface area contributed by atoms with E-state index in [0.717, 1.165) is 0 Å². The third kappa shape index (κ3) is 5.71. The lowest BCUT2D eigenvalue weighted by molar-refractivity contribution is -0.284. The summed E-state index contributed by atoms with van der Waals surface area (Å²) in [6, 6.07) is 0. The molecule has 18 heavy (non-hydrogen) atoms. The predicted octanol–water partition coefficient (Wildman–Crippen LogP) is 3.46. The molecule has 1 rings (SSSR count). The summed E-state index contributed by atoms with van der Waals surface area (Å²) in [6.07, 6.45) is -6.72. The van der Waals surface area contributed by atoms with Gasteiger partial charge in [-0.05, 0) is 19.1 Å². The molecule has 1 heterocycles. The zero-order valence-corrected chi connectivity index (χ0v) is 10.6. The van der Waals surface area contributed by atoms with Crippen molar-refractivity contribution in [3.05, 3.63) is 0 Å². The molecular weight excluding hydrogens is 279 g/mol. The van der Waals surface area contributed by atoms with Gasteiger partial charge in [0.25, 0.3) is 0 Å². The van der Waals surface area contributed by atoms with Gasteiger partial charge in [-0.2, -0.15) is 22.0 Å². The van der Waals surface area contributed by atoms with Crippen LogP contribution in [0.25, 0.3) is 0 Å². The van der Waals surface area contributed by atoms with Crippen molar-refractivity contribution < 1.29 is 31.4 Å². The fourth-order valence-corrected chi connectivity index (χ4v) is 1.96. The Morgan fingerprint density at radius 1 is 1.33 bits per heavy atom. The van der Waals surface area contributed by atoms with Gasteiger partial charge in [-0.25, -0.2) is 0 Å². The second-order valence-electron chi connectivity index (χ2n) is 4.03. The van der Waals surface area contributed by atoms with Gasteiger partial charge in [0, 0.05) is 6.42 Å². The molecular formula is C10H15F5O2S. The zero-order valence-electron chi connectivity index (χ0n) is 9.80. The van der Waals surface area contributed by atoms with Crippen molar-refractivity contribution >= 4 is 11.8 Å². The van der Waals surface area contributed by atoms with Crippen LogP contribution in [0.15, 0.2) is 0 Å². The van der Waals surface area contributed by atoms with Crippen LogP contribution in [0, 0.1) is 0 Å². The first kappa shape index (κ1) is 16.0. The number of hydrogen-bond donors (Lipinski definition) is 0. The van der Waals surface area contributed by atoms with Crippen LogP contribution in [0.4, 0.5) is 22.0 Å². The van der Waals surface area contributed by atoms with E-state index < -0.39 is 18.5 Å². The summed E-state index contributed by atoms with van der Waals surface area (Å²) < 4.78 is 70.8. The molecule has 2 atom stereocenters. The maximum Gasteiger partial charge on any atom is 0.453 e. The largest absolute Gasteiger partial charge is 0.453 e. The van der Waals surface area contributed by atoms with E-state index in [0.29, 0.717) is 13.2 Å². The molecule has 1 saturated heterocycles. The minimum Gasteiger partial charge on any atom is -0.371 e. The molecule has 1 aliphatic rings. The lowest BCUT2D eigenvalue weighted by Crippen LogP contribution is -2.36. The molecule has 0 aliphatic carbocycles. The Hall–Kier alpha value is -0.0800. The average Bonchev–Trinajstić information content (AvgIpc) is 3.03. The van der Waals surface area contributed by atoms with Gasteiger partial charge in [0.15, 0.2) is 0 Å². The van der Waals surface area contributed by atoms with Crippen molar-refractivity contribution in [2.24, 2.45) is 0 Å². The predicted molar refractivity (Wildman–Crippen MR) is 57.8 cm³/mol. The van der Waals surface area contributed by atoms with Crippen molar-refractivity contribution in [3.8, 4) is 0 Å². The summed E-state index contributed by atoms with van der Waals surface area (Å²) in [5.74, 6) is -4.39. The summed E-state index contributed by atoms with van der Waals surface area (Å²) in [7, 11) is 0. The molecule has 1 fully saturated rings. The number of halogens is 5. The van der Waals surface area contributed by atoms with E-state index in [1.165, 1.54) is 11.8 Å². The second-order valence-corrected chi connectivity index (χ2v) is 5.44. The molecule has 0 radical (unpaired) electrons. The lowest BCUT2D eigenvalue weighted by atomic mass is 10.2. The van der Waals surface area contributed by atoms with Crippen LogP contribution in [-0.4, -0.2) is 42.6 Å². The van der Waals surface area contributed by atoms with Gasteiger partial charge in [0.2, 0.25) is 0 Å². The molecule has 0 N–H and O–H groups in total. The number of thioether (sulfide) groups is 1. The summed E-state index contributed by atoms with van der Waals surface area (Å²) >= 11 is 1.22. The van der Waals surface area contributed by atoms with Gasteiger partial charge in [-0.15, -0.1) is 11.8 Å². The first-order chi connectivity index (χ1) is 8.22. The summed E-state index contributed by atoms with van der Waals surface area (Å²) in [4.78, 5) is 0. The van der Waals surface area contributed by atoms with Crippen LogP contribution in [0.2, 0.25) is 0 Å². The van der Waals surface area contributed by atoms with Crippen LogP contribution in [0.1, 0.15) is 19.8 Å². The van der Waals surface area contributed by atoms with Crippen LogP contribution >= 0.6 is 11.8 Å². The maximum atomic E-state index is 12.5. The van der Waals surface area contributed by atoms with Crippen LogP contribution in [0.5, 0.6) is 0 Å². The molecule has 0 amide bonds. The van der Waals surface area contributed by atoms with Crippen LogP contribution in [-0.2, 0) is 9.47 Å². The molecule has 2 nitrogen and oxygen atoms in total. The Morgan fingerprint density at radius 2 is 1.94 bits per heavy atom. The first-order valence-electron chi connectivity index (χ1n) is 5.52. The molecule has 0 saturated carbocycles. The Bertz CT molecular complexity index is 255. The van der Waals surface area contributed by atoms with Gasteiger partial charge >= 0.3 is 12.1 Å². The molecule has 0 spiro atoms. The quantitative estimate of drug-likeness (QED) is 0.296. The normalized spacial score (nSPS) is 22.0. The minimum atomic E-state index is -5.46. The second kappa shape index (κ2) is 6.38. The molecule has 8 heteroatoms. The first-order valence-corrected chi connectivity index (χ1v) is 6.56. The molecule has 0 aromatic rings. The monoisotopic (exact) mass is 294 g/mol. The van der Waals surface area contributed by atoms with Gasteiger partial charge in [-0.1, -0.05) is 0 Å². The lowest BCUT2D eigenvalue weighted by Gasteiger charge is -2.19. The van der Waals surface area contributed by atoms with Crippen molar-refractivity contribution in [2.45, 2.75) is 43.4 Å². The number of hydrogen-bond acceptors (Lipinski definition) is 3. The maximum absolute atomic E-state index is 12.5. The Labute approximate surface area is 106 Å². The molecule has 0 aromatic carbocycles. The van der Waals surface area contributed by atoms with Crippen molar-refractivity contribution in [3.63, 3.8) is 0 Å². The van der Waals surface area contributed by atoms with Crippen molar-refractivity contribution in [1.82, 2.24) is 0 Å². The number of alkyl halides is 5. The Morgan fingerprint density at radius 3 is 2.44 bits per heavy atom. The van der Waals surface area contributed by atoms with E-state index in [9.17, 15) is 22.0 Å². The number of ether oxygens (including phenoxy) is 2. The topological polar surface area (TPSA) is 21.8 Å². The highest BCUT2D eigenvalue weighted by Gasteiger charge is 2.56. The molecule has 108 valence electrons. The van der Waals surface area contributed by atoms with Crippen molar-refractivity contribution in [2.75, 3.05) is 19.0 Å². The smallest absolute Gasteiger partial charge is 0.371 e. The van der Waals surface area contributed by atoms with Crippen LogP contribution < -0.4 is 0 Å². The fraction of sp³-hybridized carbons (Fsp3) is 1.00.